The number of unbranched alkanes of at least 4 members (excludes halogenated alkanes) is 3. The fourth-order valence-electron chi connectivity index (χ4n) is 5.66. The van der Waals surface area contributed by atoms with Crippen LogP contribution in [0.4, 0.5) is 8.78 Å². The number of imidazole rings is 1. The standard InChI is InChI=1S/C21H11Cl2F2N2.3C4H9.Sn/c22-15-7-4-8-18(20(15)25)27-19(14-9-10-17(24)16(23)11-14)12-26-21(27)13-5-2-1-3-6-13;3*1-3-4-2;/h1-11H;3*1,3-4H2,2H3;. The van der Waals surface area contributed by atoms with Crippen LogP contribution in [0, 0.1) is 11.6 Å². The van der Waals surface area contributed by atoms with E-state index in [1.165, 1.54) is 19.4 Å². The summed E-state index contributed by atoms with van der Waals surface area (Å²) in [5.41, 5.74) is 2.81. The Hall–Kier alpha value is -1.89. The van der Waals surface area contributed by atoms with Gasteiger partial charge in [0.15, 0.2) is 0 Å². The predicted molar refractivity (Wildman–Crippen MR) is 169 cm³/mol. The molecule has 40 heavy (non-hydrogen) atoms. The van der Waals surface area contributed by atoms with Crippen molar-refractivity contribution in [1.29, 1.82) is 0 Å². The first kappa shape index (κ1) is 31.1. The molecule has 0 fully saturated rings. The van der Waals surface area contributed by atoms with Gasteiger partial charge in [-0.05, 0) is 0 Å². The van der Waals surface area contributed by atoms with Crippen molar-refractivity contribution in [2.24, 2.45) is 0 Å². The molecule has 0 N–H and O–H groups in total. The monoisotopic (exact) mass is 690 g/mol. The second kappa shape index (κ2) is 14.3. The Balaban J connectivity index is 2.17. The zero-order valence-corrected chi connectivity index (χ0v) is 28.0. The summed E-state index contributed by atoms with van der Waals surface area (Å²) in [5.74, 6) is -0.304. The number of halogens is 4. The number of hydrogen-bond acceptors (Lipinski definition) is 1. The number of rotatable bonds is 13. The average Bonchev–Trinajstić information content (AvgIpc) is 3.37. The van der Waals surface area contributed by atoms with Gasteiger partial charge in [-0.15, -0.1) is 0 Å². The topological polar surface area (TPSA) is 17.8 Å². The van der Waals surface area contributed by atoms with E-state index < -0.39 is 30.0 Å². The summed E-state index contributed by atoms with van der Waals surface area (Å²) in [6.45, 7) is 6.73. The molecule has 4 rings (SSSR count). The van der Waals surface area contributed by atoms with E-state index in [0.29, 0.717) is 11.5 Å². The molecule has 0 radical (unpaired) electrons. The second-order valence-corrected chi connectivity index (χ2v) is 24.4. The zero-order chi connectivity index (χ0) is 28.7. The maximum absolute atomic E-state index is 15.9. The summed E-state index contributed by atoms with van der Waals surface area (Å²) < 4.78 is 36.9. The van der Waals surface area contributed by atoms with Crippen molar-refractivity contribution in [3.8, 4) is 28.3 Å². The number of hydrogen-bond donors (Lipinski definition) is 0. The van der Waals surface area contributed by atoms with Crippen molar-refractivity contribution < 1.29 is 8.78 Å². The molecule has 0 amide bonds. The van der Waals surface area contributed by atoms with Crippen LogP contribution >= 0.6 is 23.2 Å². The first-order valence-corrected chi connectivity index (χ1v) is 22.7. The van der Waals surface area contributed by atoms with Gasteiger partial charge in [0.25, 0.3) is 0 Å². The Morgan fingerprint density at radius 1 is 0.725 bits per heavy atom. The number of benzene rings is 3. The van der Waals surface area contributed by atoms with E-state index in [9.17, 15) is 4.39 Å². The SMILES string of the molecule is CCC[CH2][Sn]([CH2]CCC)([CH2]CCC)[c]1nc(-c2ccccc2)n(-c2cccc(Cl)c2F)c1-c1ccc(F)c(Cl)c1. The molecule has 0 aliphatic heterocycles. The van der Waals surface area contributed by atoms with Crippen molar-refractivity contribution in [2.75, 3.05) is 0 Å². The molecular weight excluding hydrogens is 652 g/mol. The maximum atomic E-state index is 15.9. The van der Waals surface area contributed by atoms with E-state index in [4.69, 9.17) is 28.2 Å². The first-order valence-electron chi connectivity index (χ1n) is 14.4. The van der Waals surface area contributed by atoms with Crippen LogP contribution in [0.15, 0.2) is 66.7 Å². The van der Waals surface area contributed by atoms with Gasteiger partial charge < -0.3 is 0 Å². The van der Waals surface area contributed by atoms with Gasteiger partial charge in [0, 0.05) is 0 Å². The third kappa shape index (κ3) is 6.60. The molecule has 0 bridgehead atoms. The molecule has 2 nitrogen and oxygen atoms in total. The Morgan fingerprint density at radius 3 is 1.93 bits per heavy atom. The van der Waals surface area contributed by atoms with Crippen molar-refractivity contribution in [1.82, 2.24) is 9.55 Å². The van der Waals surface area contributed by atoms with Gasteiger partial charge in [-0.1, -0.05) is 0 Å². The van der Waals surface area contributed by atoms with Crippen LogP contribution in [-0.2, 0) is 0 Å². The molecule has 0 spiro atoms. The van der Waals surface area contributed by atoms with Crippen molar-refractivity contribution in [2.45, 2.75) is 72.6 Å². The normalized spacial score (nSPS) is 11.8. The van der Waals surface area contributed by atoms with Crippen molar-refractivity contribution >= 4 is 45.3 Å². The molecule has 0 atom stereocenters. The van der Waals surface area contributed by atoms with Gasteiger partial charge >= 0.3 is 253 Å². The molecule has 212 valence electrons. The van der Waals surface area contributed by atoms with Crippen LogP contribution in [-0.4, -0.2) is 27.9 Å². The summed E-state index contributed by atoms with van der Waals surface area (Å²) >= 11 is 9.48. The van der Waals surface area contributed by atoms with Crippen LogP contribution in [0.3, 0.4) is 0 Å². The molecule has 1 aromatic heterocycles. The Labute approximate surface area is 251 Å². The Bertz CT molecular complexity index is 1400. The summed E-state index contributed by atoms with van der Waals surface area (Å²) in [5, 5.41) is 0.0908. The summed E-state index contributed by atoms with van der Waals surface area (Å²) in [4.78, 5) is 5.50. The molecule has 0 aliphatic carbocycles. The van der Waals surface area contributed by atoms with Gasteiger partial charge in [0.05, 0.1) is 0 Å². The summed E-state index contributed by atoms with van der Waals surface area (Å²) in [6.07, 6.45) is 6.78. The van der Waals surface area contributed by atoms with E-state index in [0.717, 1.165) is 59.1 Å². The fraction of sp³-hybridized carbons (Fsp3) is 0.364. The van der Waals surface area contributed by atoms with Crippen LogP contribution in [0.1, 0.15) is 59.3 Å². The Morgan fingerprint density at radius 2 is 1.35 bits per heavy atom. The minimum atomic E-state index is -3.24. The third-order valence-corrected chi connectivity index (χ3v) is 23.5. The number of nitrogens with zero attached hydrogens (tertiary/aromatic N) is 2. The van der Waals surface area contributed by atoms with Crippen LogP contribution in [0.25, 0.3) is 28.3 Å². The van der Waals surface area contributed by atoms with Crippen LogP contribution in [0.5, 0.6) is 0 Å². The number of aromatic nitrogens is 2. The Kier molecular flexibility index (Phi) is 11.1. The van der Waals surface area contributed by atoms with Gasteiger partial charge in [0.2, 0.25) is 0 Å². The summed E-state index contributed by atoms with van der Waals surface area (Å²) in [7, 11) is 0. The molecule has 7 heteroatoms. The first-order chi connectivity index (χ1) is 19.4. The molecule has 4 aromatic rings. The molecule has 0 saturated carbocycles. The van der Waals surface area contributed by atoms with E-state index >= 15 is 4.39 Å². The van der Waals surface area contributed by atoms with E-state index in [1.807, 2.05) is 34.9 Å². The van der Waals surface area contributed by atoms with Gasteiger partial charge in [-0.2, -0.15) is 0 Å². The molecule has 0 saturated heterocycles. The minimum absolute atomic E-state index is 0.0421. The average molecular weight is 690 g/mol. The van der Waals surface area contributed by atoms with E-state index in [-0.39, 0.29) is 10.0 Å². The van der Waals surface area contributed by atoms with Crippen molar-refractivity contribution in [3.63, 3.8) is 0 Å². The second-order valence-electron chi connectivity index (χ2n) is 10.6. The van der Waals surface area contributed by atoms with Gasteiger partial charge in [-0.25, -0.2) is 0 Å². The van der Waals surface area contributed by atoms with E-state index in [1.54, 1.807) is 30.3 Å². The molecule has 0 aliphatic rings. The van der Waals surface area contributed by atoms with Crippen LogP contribution < -0.4 is 3.71 Å². The molecular formula is C33H38Cl2F2N2Sn. The quantitative estimate of drug-likeness (QED) is 0.128. The van der Waals surface area contributed by atoms with Gasteiger partial charge in [0.1, 0.15) is 0 Å². The predicted octanol–water partition coefficient (Wildman–Crippen LogP) is 10.8. The van der Waals surface area contributed by atoms with Gasteiger partial charge in [-0.3, -0.25) is 0 Å². The molecule has 1 heterocycles. The molecule has 3 aromatic carbocycles. The summed E-state index contributed by atoms with van der Waals surface area (Å²) in [6, 6.07) is 19.8. The van der Waals surface area contributed by atoms with Crippen LogP contribution in [0.2, 0.25) is 23.4 Å². The zero-order valence-electron chi connectivity index (χ0n) is 23.6. The van der Waals surface area contributed by atoms with Crippen molar-refractivity contribution in [3.05, 3.63) is 88.4 Å². The third-order valence-electron chi connectivity index (χ3n) is 7.80. The molecule has 0 unspecified atom stereocenters. The van der Waals surface area contributed by atoms with E-state index in [2.05, 4.69) is 20.8 Å². The fourth-order valence-corrected chi connectivity index (χ4v) is 22.1.